The SMILES string of the molecule is CNC(=O)Nn1nnnc1S.[NaH]. The minimum atomic E-state index is -0.410. The molecule has 0 aromatic carbocycles. The second-order valence-corrected chi connectivity index (χ2v) is 1.98. The molecule has 0 fully saturated rings. The molecule has 1 aromatic heterocycles. The number of hydrogen-bond donors (Lipinski definition) is 3. The third-order valence-electron chi connectivity index (χ3n) is 0.888. The van der Waals surface area contributed by atoms with Gasteiger partial charge in [-0.1, -0.05) is 17.7 Å². The standard InChI is InChI=1S/C3H6N6OS.Na.H/c1-4-2(10)6-9-3(11)5-7-8-9;;/h1H3,(H2,4,6,10)(H,5,8,11);;. The van der Waals surface area contributed by atoms with Crippen molar-refractivity contribution in [3.63, 3.8) is 0 Å². The van der Waals surface area contributed by atoms with Crippen LogP contribution in [0.15, 0.2) is 5.16 Å². The Morgan fingerprint density at radius 3 is 2.75 bits per heavy atom. The van der Waals surface area contributed by atoms with Crippen LogP contribution in [0.4, 0.5) is 4.79 Å². The van der Waals surface area contributed by atoms with E-state index in [1.807, 2.05) is 0 Å². The molecule has 9 heteroatoms. The van der Waals surface area contributed by atoms with E-state index in [9.17, 15) is 4.79 Å². The second-order valence-electron chi connectivity index (χ2n) is 1.58. The molecule has 62 valence electrons. The zero-order valence-electron chi connectivity index (χ0n) is 5.64. The average Bonchev–Trinajstić information content (AvgIpc) is 2.37. The van der Waals surface area contributed by atoms with Crippen molar-refractivity contribution < 1.29 is 4.79 Å². The first-order valence-corrected chi connectivity index (χ1v) is 3.15. The van der Waals surface area contributed by atoms with E-state index in [0.29, 0.717) is 0 Å². The van der Waals surface area contributed by atoms with Crippen molar-refractivity contribution in [1.29, 1.82) is 0 Å². The number of urea groups is 1. The first kappa shape index (κ1) is 11.7. The summed E-state index contributed by atoms with van der Waals surface area (Å²) in [4.78, 5) is 11.7. The molecule has 0 aliphatic heterocycles. The first-order chi connectivity index (χ1) is 5.24. The summed E-state index contributed by atoms with van der Waals surface area (Å²) in [5.41, 5.74) is 2.29. The van der Waals surface area contributed by atoms with E-state index in [0.717, 1.165) is 4.79 Å². The quantitative estimate of drug-likeness (QED) is 0.367. The van der Waals surface area contributed by atoms with Crippen molar-refractivity contribution in [3.8, 4) is 0 Å². The van der Waals surface area contributed by atoms with E-state index in [1.54, 1.807) is 0 Å². The van der Waals surface area contributed by atoms with Crippen LogP contribution in [0.1, 0.15) is 0 Å². The van der Waals surface area contributed by atoms with E-state index in [2.05, 4.69) is 38.9 Å². The van der Waals surface area contributed by atoms with Gasteiger partial charge in [-0.05, 0) is 10.4 Å². The Morgan fingerprint density at radius 1 is 1.67 bits per heavy atom. The zero-order chi connectivity index (χ0) is 8.27. The molecule has 0 atom stereocenters. The molecule has 2 N–H and O–H groups in total. The van der Waals surface area contributed by atoms with Crippen molar-refractivity contribution in [2.45, 2.75) is 5.16 Å². The molecule has 0 saturated heterocycles. The normalized spacial score (nSPS) is 8.50. The first-order valence-electron chi connectivity index (χ1n) is 2.70. The maximum atomic E-state index is 10.7. The number of tetrazole rings is 1. The monoisotopic (exact) mass is 198 g/mol. The van der Waals surface area contributed by atoms with Crippen LogP contribution >= 0.6 is 12.6 Å². The van der Waals surface area contributed by atoms with E-state index >= 15 is 0 Å². The maximum absolute atomic E-state index is 10.7. The fraction of sp³-hybridized carbons (Fsp3) is 0.333. The van der Waals surface area contributed by atoms with Crippen LogP contribution in [-0.4, -0.2) is 63.0 Å². The van der Waals surface area contributed by atoms with Gasteiger partial charge in [0.15, 0.2) is 0 Å². The van der Waals surface area contributed by atoms with Crippen LogP contribution in [-0.2, 0) is 0 Å². The van der Waals surface area contributed by atoms with Crippen molar-refractivity contribution in [1.82, 2.24) is 25.6 Å². The molecule has 7 nitrogen and oxygen atoms in total. The van der Waals surface area contributed by atoms with Gasteiger partial charge < -0.3 is 5.32 Å². The average molecular weight is 198 g/mol. The molecule has 0 bridgehead atoms. The van der Waals surface area contributed by atoms with Gasteiger partial charge in [0.05, 0.1) is 0 Å². The number of carbonyl (C=O) groups is 1. The summed E-state index contributed by atoms with van der Waals surface area (Å²) in [6.07, 6.45) is 0. The van der Waals surface area contributed by atoms with Gasteiger partial charge in [0.25, 0.3) is 0 Å². The van der Waals surface area contributed by atoms with Gasteiger partial charge in [0.1, 0.15) is 0 Å². The number of nitrogens with zero attached hydrogens (tertiary/aromatic N) is 4. The molecule has 2 amide bonds. The summed E-state index contributed by atoms with van der Waals surface area (Å²) in [6.45, 7) is 0. The molecule has 1 aromatic rings. The summed E-state index contributed by atoms with van der Waals surface area (Å²) in [5, 5.41) is 12.6. The van der Waals surface area contributed by atoms with Gasteiger partial charge in [-0.3, -0.25) is 0 Å². The van der Waals surface area contributed by atoms with E-state index < -0.39 is 6.03 Å². The number of aromatic nitrogens is 4. The van der Waals surface area contributed by atoms with Crippen LogP contribution < -0.4 is 10.7 Å². The Hall–Kier alpha value is -0.310. The van der Waals surface area contributed by atoms with Crippen molar-refractivity contribution in [2.75, 3.05) is 12.5 Å². The predicted molar refractivity (Wildman–Crippen MR) is 46.0 cm³/mol. The number of thiol groups is 1. The van der Waals surface area contributed by atoms with Crippen LogP contribution in [0.2, 0.25) is 0 Å². The van der Waals surface area contributed by atoms with Crippen LogP contribution in [0.5, 0.6) is 0 Å². The molecule has 0 aliphatic rings. The van der Waals surface area contributed by atoms with E-state index in [-0.39, 0.29) is 34.7 Å². The van der Waals surface area contributed by atoms with Gasteiger partial charge in [-0.15, -0.1) is 4.79 Å². The molecule has 0 spiro atoms. The Balaban J connectivity index is 0.00000121. The third kappa shape index (κ3) is 2.97. The van der Waals surface area contributed by atoms with Gasteiger partial charge >= 0.3 is 35.6 Å². The number of carbonyl (C=O) groups excluding carboxylic acids is 1. The third-order valence-corrected chi connectivity index (χ3v) is 1.17. The molecule has 1 rings (SSSR count). The van der Waals surface area contributed by atoms with Crippen molar-refractivity contribution in [3.05, 3.63) is 0 Å². The Labute approximate surface area is 95.9 Å². The number of hydrogen-bond acceptors (Lipinski definition) is 5. The van der Waals surface area contributed by atoms with Crippen LogP contribution in [0.3, 0.4) is 0 Å². The summed E-state index contributed by atoms with van der Waals surface area (Å²) < 4.78 is 0. The Kier molecular flexibility index (Phi) is 5.22. The fourth-order valence-electron chi connectivity index (χ4n) is 0.407. The number of rotatable bonds is 1. The topological polar surface area (TPSA) is 84.7 Å². The van der Waals surface area contributed by atoms with Crippen molar-refractivity contribution >= 4 is 48.2 Å². The van der Waals surface area contributed by atoms with Crippen molar-refractivity contribution in [2.24, 2.45) is 0 Å². The number of amides is 2. The van der Waals surface area contributed by atoms with Crippen LogP contribution in [0.25, 0.3) is 0 Å². The zero-order valence-corrected chi connectivity index (χ0v) is 6.54. The molecule has 0 aliphatic carbocycles. The predicted octanol–water partition coefficient (Wildman–Crippen LogP) is -1.80. The van der Waals surface area contributed by atoms with Gasteiger partial charge in [-0.2, -0.15) is 0 Å². The summed E-state index contributed by atoms with van der Waals surface area (Å²) in [6, 6.07) is -0.410. The fourth-order valence-corrected chi connectivity index (χ4v) is 0.537. The molecular weight excluding hydrogens is 191 g/mol. The second kappa shape index (κ2) is 5.36. The van der Waals surface area contributed by atoms with Gasteiger partial charge in [0, 0.05) is 7.05 Å². The Morgan fingerprint density at radius 2 is 2.33 bits per heavy atom. The van der Waals surface area contributed by atoms with E-state index in [4.69, 9.17) is 0 Å². The molecule has 1 heterocycles. The summed E-state index contributed by atoms with van der Waals surface area (Å²) in [5.74, 6) is 0. The molecule has 0 unspecified atom stereocenters. The van der Waals surface area contributed by atoms with E-state index in [1.165, 1.54) is 7.05 Å². The molecule has 0 saturated carbocycles. The van der Waals surface area contributed by atoms with Gasteiger partial charge in [-0.25, -0.2) is 10.2 Å². The molecular formula is C3H7N6NaOS. The van der Waals surface area contributed by atoms with Crippen LogP contribution in [0, 0.1) is 0 Å². The molecule has 12 heavy (non-hydrogen) atoms. The number of nitrogens with one attached hydrogen (secondary N) is 2. The Bertz CT molecular complexity index is 263. The summed E-state index contributed by atoms with van der Waals surface area (Å²) in [7, 11) is 1.48. The minimum absolute atomic E-state index is 0. The van der Waals surface area contributed by atoms with Gasteiger partial charge in [0.2, 0.25) is 5.16 Å². The summed E-state index contributed by atoms with van der Waals surface area (Å²) >= 11 is 3.85. The molecule has 0 radical (unpaired) electrons.